The highest BCUT2D eigenvalue weighted by molar-refractivity contribution is 5.82. The highest BCUT2D eigenvalue weighted by atomic mass is 16.6. The van der Waals surface area contributed by atoms with Crippen molar-refractivity contribution in [3.63, 3.8) is 0 Å². The van der Waals surface area contributed by atoms with Gasteiger partial charge in [-0.25, -0.2) is 4.79 Å². The molecule has 0 radical (unpaired) electrons. The van der Waals surface area contributed by atoms with Gasteiger partial charge in [0, 0.05) is 0 Å². The third-order valence-corrected chi connectivity index (χ3v) is 1.25. The van der Waals surface area contributed by atoms with Crippen LogP contribution in [0, 0.1) is 0 Å². The topological polar surface area (TPSA) is 79.5 Å². The maximum atomic E-state index is 11.1. The largest absolute Gasteiger partial charge is 0.444 e. The summed E-state index contributed by atoms with van der Waals surface area (Å²) in [4.78, 5) is 22.2. The predicted octanol–water partition coefficient (Wildman–Crippen LogP) is -0.196. The minimum Gasteiger partial charge on any atom is -0.444 e. The Labute approximate surface area is 89.7 Å². The summed E-state index contributed by atoms with van der Waals surface area (Å²) in [5.74, 6) is -0.268. The van der Waals surface area contributed by atoms with Gasteiger partial charge in [-0.3, -0.25) is 4.79 Å². The molecule has 0 saturated heterocycles. The van der Waals surface area contributed by atoms with Gasteiger partial charge in [-0.1, -0.05) is 0 Å². The van der Waals surface area contributed by atoms with Crippen LogP contribution in [0.15, 0.2) is 0 Å². The van der Waals surface area contributed by atoms with Gasteiger partial charge in [-0.05, 0) is 27.8 Å². The number of rotatable bonds is 4. The second-order valence-electron chi connectivity index (χ2n) is 3.99. The molecule has 3 N–H and O–H groups in total. The lowest BCUT2D eigenvalue weighted by molar-refractivity contribution is -0.120. The van der Waals surface area contributed by atoms with Gasteiger partial charge in [-0.15, -0.1) is 0 Å². The summed E-state index contributed by atoms with van der Waals surface area (Å²) in [6.07, 6.45) is -0.595. The number of carbonyl (C=O) groups excluding carboxylic acids is 2. The van der Waals surface area contributed by atoms with E-state index in [1.807, 2.05) is 0 Å². The maximum absolute atomic E-state index is 11.1. The van der Waals surface area contributed by atoms with Crippen molar-refractivity contribution in [1.82, 2.24) is 16.0 Å². The molecule has 0 rings (SSSR count). The second kappa shape index (κ2) is 6.23. The smallest absolute Gasteiger partial charge is 0.408 e. The van der Waals surface area contributed by atoms with Crippen molar-refractivity contribution in [2.45, 2.75) is 26.4 Å². The first kappa shape index (κ1) is 13.7. The predicted molar refractivity (Wildman–Crippen MR) is 56.3 cm³/mol. The van der Waals surface area contributed by atoms with Crippen molar-refractivity contribution in [3.8, 4) is 0 Å². The molecular weight excluding hydrogens is 198 g/mol. The molecule has 0 aliphatic heterocycles. The molecule has 0 aromatic heterocycles. The van der Waals surface area contributed by atoms with Crippen molar-refractivity contribution < 1.29 is 14.3 Å². The number of amides is 2. The summed E-state index contributed by atoms with van der Waals surface area (Å²) in [5, 5.41) is 7.63. The van der Waals surface area contributed by atoms with E-state index in [2.05, 4.69) is 16.0 Å². The van der Waals surface area contributed by atoms with Crippen LogP contribution in [-0.4, -0.2) is 37.9 Å². The molecule has 0 atom stereocenters. The van der Waals surface area contributed by atoms with Gasteiger partial charge in [-0.2, -0.15) is 0 Å². The van der Waals surface area contributed by atoms with Crippen LogP contribution < -0.4 is 16.0 Å². The Kier molecular flexibility index (Phi) is 5.69. The molecule has 0 aliphatic rings. The fraction of sp³-hybridized carbons (Fsp3) is 0.778. The number of carbonyl (C=O) groups is 2. The van der Waals surface area contributed by atoms with Crippen LogP contribution in [-0.2, 0) is 9.53 Å². The van der Waals surface area contributed by atoms with E-state index in [1.54, 1.807) is 27.8 Å². The Morgan fingerprint density at radius 2 is 1.80 bits per heavy atom. The molecular formula is C9H19N3O3. The molecule has 0 aliphatic carbocycles. The zero-order valence-electron chi connectivity index (χ0n) is 9.64. The highest BCUT2D eigenvalue weighted by Crippen LogP contribution is 2.05. The van der Waals surface area contributed by atoms with E-state index in [0.29, 0.717) is 6.67 Å². The molecule has 88 valence electrons. The van der Waals surface area contributed by atoms with Crippen molar-refractivity contribution in [2.75, 3.05) is 20.3 Å². The van der Waals surface area contributed by atoms with E-state index in [1.165, 1.54) is 0 Å². The van der Waals surface area contributed by atoms with Crippen LogP contribution in [0.5, 0.6) is 0 Å². The van der Waals surface area contributed by atoms with Crippen LogP contribution in [0.3, 0.4) is 0 Å². The fourth-order valence-electron chi connectivity index (χ4n) is 0.716. The average Bonchev–Trinajstić information content (AvgIpc) is 2.08. The number of nitrogens with one attached hydrogen (secondary N) is 3. The zero-order chi connectivity index (χ0) is 11.9. The van der Waals surface area contributed by atoms with Gasteiger partial charge in [0.1, 0.15) is 12.1 Å². The fourth-order valence-corrected chi connectivity index (χ4v) is 0.716. The number of hydrogen-bond donors (Lipinski definition) is 3. The average molecular weight is 217 g/mol. The SMILES string of the molecule is CNCNC(=O)CNC(=O)OC(C)(C)C. The van der Waals surface area contributed by atoms with Gasteiger partial charge in [0.05, 0.1) is 6.67 Å². The van der Waals surface area contributed by atoms with E-state index in [0.717, 1.165) is 0 Å². The normalized spacial score (nSPS) is 10.7. The molecule has 6 nitrogen and oxygen atoms in total. The number of hydrogen-bond acceptors (Lipinski definition) is 4. The minimum atomic E-state index is -0.595. The Bertz CT molecular complexity index is 223. The third kappa shape index (κ3) is 9.01. The summed E-state index contributed by atoms with van der Waals surface area (Å²) >= 11 is 0. The number of alkyl carbamates (subject to hydrolysis) is 1. The standard InChI is InChI=1S/C9H19N3O3/c1-9(2,3)15-8(14)11-5-7(13)12-6-10-4/h10H,5-6H2,1-4H3,(H,11,14)(H,12,13). The second-order valence-corrected chi connectivity index (χ2v) is 3.99. The third-order valence-electron chi connectivity index (χ3n) is 1.25. The maximum Gasteiger partial charge on any atom is 0.408 e. The molecule has 6 heteroatoms. The van der Waals surface area contributed by atoms with Crippen LogP contribution in [0.1, 0.15) is 20.8 Å². The summed E-state index contributed by atoms with van der Waals surface area (Å²) < 4.78 is 4.95. The summed E-state index contributed by atoms with van der Waals surface area (Å²) in [7, 11) is 1.71. The van der Waals surface area contributed by atoms with Crippen molar-refractivity contribution in [3.05, 3.63) is 0 Å². The van der Waals surface area contributed by atoms with Crippen LogP contribution in [0.2, 0.25) is 0 Å². The summed E-state index contributed by atoms with van der Waals surface area (Å²) in [6.45, 7) is 5.56. The van der Waals surface area contributed by atoms with Gasteiger partial charge >= 0.3 is 6.09 Å². The first-order valence-electron chi connectivity index (χ1n) is 4.73. The van der Waals surface area contributed by atoms with Gasteiger partial charge < -0.3 is 20.7 Å². The first-order chi connectivity index (χ1) is 6.85. The van der Waals surface area contributed by atoms with E-state index in [9.17, 15) is 9.59 Å². The molecule has 0 saturated carbocycles. The highest BCUT2D eigenvalue weighted by Gasteiger charge is 2.16. The zero-order valence-corrected chi connectivity index (χ0v) is 9.64. The van der Waals surface area contributed by atoms with E-state index < -0.39 is 11.7 Å². The Morgan fingerprint density at radius 3 is 2.27 bits per heavy atom. The monoisotopic (exact) mass is 217 g/mol. The van der Waals surface area contributed by atoms with Crippen LogP contribution in [0.4, 0.5) is 4.79 Å². The quantitative estimate of drug-likeness (QED) is 0.570. The molecule has 0 aromatic carbocycles. The molecule has 0 bridgehead atoms. The Hall–Kier alpha value is -1.30. The Morgan fingerprint density at radius 1 is 1.20 bits per heavy atom. The molecule has 0 fully saturated rings. The summed E-state index contributed by atoms with van der Waals surface area (Å²) in [6, 6.07) is 0. The Balaban J connectivity index is 3.67. The molecule has 15 heavy (non-hydrogen) atoms. The summed E-state index contributed by atoms with van der Waals surface area (Å²) in [5.41, 5.74) is -0.550. The van der Waals surface area contributed by atoms with Gasteiger partial charge in [0.15, 0.2) is 0 Å². The molecule has 0 heterocycles. The van der Waals surface area contributed by atoms with Gasteiger partial charge in [0.25, 0.3) is 0 Å². The van der Waals surface area contributed by atoms with E-state index in [-0.39, 0.29) is 12.5 Å². The lowest BCUT2D eigenvalue weighted by Crippen LogP contribution is -2.41. The molecule has 0 spiro atoms. The molecule has 0 aromatic rings. The van der Waals surface area contributed by atoms with E-state index >= 15 is 0 Å². The van der Waals surface area contributed by atoms with Gasteiger partial charge in [0.2, 0.25) is 5.91 Å². The lowest BCUT2D eigenvalue weighted by Gasteiger charge is -2.19. The van der Waals surface area contributed by atoms with Crippen molar-refractivity contribution in [2.24, 2.45) is 0 Å². The van der Waals surface area contributed by atoms with Crippen molar-refractivity contribution in [1.29, 1.82) is 0 Å². The minimum absolute atomic E-state index is 0.0867. The van der Waals surface area contributed by atoms with E-state index in [4.69, 9.17) is 4.74 Å². The van der Waals surface area contributed by atoms with Crippen LogP contribution >= 0.6 is 0 Å². The molecule has 2 amide bonds. The first-order valence-corrected chi connectivity index (χ1v) is 4.73. The van der Waals surface area contributed by atoms with Crippen LogP contribution in [0.25, 0.3) is 0 Å². The lowest BCUT2D eigenvalue weighted by atomic mass is 10.2. The molecule has 0 unspecified atom stereocenters. The van der Waals surface area contributed by atoms with Crippen molar-refractivity contribution >= 4 is 12.0 Å². The number of ether oxygens (including phenoxy) is 1.